The third kappa shape index (κ3) is 1.67. The normalized spacial score (nSPS) is 9.79. The minimum Gasteiger partial charge on any atom is -0.350 e. The molecule has 0 aliphatic carbocycles. The number of para-hydroxylation sites is 1. The Bertz CT molecular complexity index is 424. The molecule has 0 atom stereocenters. The number of aromatic nitrogens is 1. The summed E-state index contributed by atoms with van der Waals surface area (Å²) < 4.78 is 2.19. The molecule has 1 nitrogen and oxygen atoms in total. The molecule has 0 amide bonds. The van der Waals surface area contributed by atoms with E-state index in [0.717, 1.165) is 0 Å². The molecule has 0 radical (unpaired) electrons. The third-order valence-electron chi connectivity index (χ3n) is 2.40. The van der Waals surface area contributed by atoms with E-state index in [1.165, 1.54) is 22.0 Å². The van der Waals surface area contributed by atoms with Crippen molar-refractivity contribution in [3.05, 3.63) is 35.5 Å². The Balaban J connectivity index is 0.000000461. The van der Waals surface area contributed by atoms with Crippen LogP contribution in [0.5, 0.6) is 0 Å². The predicted octanol–water partition coefficient (Wildman–Crippen LogP) is 3.82. The molecule has 2 rings (SSSR count). The SMILES string of the molecule is CC.Cc1cn(C)c2c(C)cccc12. The van der Waals surface area contributed by atoms with Gasteiger partial charge in [0.1, 0.15) is 0 Å². The van der Waals surface area contributed by atoms with E-state index in [-0.39, 0.29) is 0 Å². The number of fused-ring (bicyclic) bond motifs is 1. The minimum atomic E-state index is 1.35. The van der Waals surface area contributed by atoms with Crippen molar-refractivity contribution in [2.45, 2.75) is 27.7 Å². The van der Waals surface area contributed by atoms with Gasteiger partial charge in [-0.15, -0.1) is 0 Å². The second kappa shape index (κ2) is 4.32. The highest BCUT2D eigenvalue weighted by Gasteiger charge is 2.03. The van der Waals surface area contributed by atoms with Gasteiger partial charge in [0.05, 0.1) is 5.52 Å². The highest BCUT2D eigenvalue weighted by molar-refractivity contribution is 5.86. The van der Waals surface area contributed by atoms with Gasteiger partial charge in [0.25, 0.3) is 0 Å². The molecule has 0 spiro atoms. The van der Waals surface area contributed by atoms with Crippen LogP contribution in [-0.4, -0.2) is 4.57 Å². The van der Waals surface area contributed by atoms with Crippen LogP contribution in [0.25, 0.3) is 10.9 Å². The van der Waals surface area contributed by atoms with Crippen LogP contribution in [0.4, 0.5) is 0 Å². The van der Waals surface area contributed by atoms with Crippen LogP contribution >= 0.6 is 0 Å². The lowest BCUT2D eigenvalue weighted by atomic mass is 10.1. The predicted molar refractivity (Wildman–Crippen MR) is 63.7 cm³/mol. The molecule has 1 aromatic heterocycles. The number of rotatable bonds is 0. The van der Waals surface area contributed by atoms with Crippen molar-refractivity contribution in [2.24, 2.45) is 7.05 Å². The van der Waals surface area contributed by atoms with Gasteiger partial charge in [-0.25, -0.2) is 0 Å². The number of aryl methyl sites for hydroxylation is 3. The van der Waals surface area contributed by atoms with E-state index in [1.807, 2.05) is 13.8 Å². The number of hydrogen-bond donors (Lipinski definition) is 0. The molecule has 1 heteroatoms. The second-order valence-electron chi connectivity index (χ2n) is 3.39. The number of nitrogens with zero attached hydrogens (tertiary/aromatic N) is 1. The Morgan fingerprint density at radius 3 is 2.21 bits per heavy atom. The monoisotopic (exact) mass is 189 g/mol. The van der Waals surface area contributed by atoms with Crippen molar-refractivity contribution in [1.29, 1.82) is 0 Å². The Labute approximate surface area is 86.4 Å². The fraction of sp³-hybridized carbons (Fsp3) is 0.385. The topological polar surface area (TPSA) is 4.93 Å². The van der Waals surface area contributed by atoms with Crippen LogP contribution in [0.15, 0.2) is 24.4 Å². The summed E-state index contributed by atoms with van der Waals surface area (Å²) in [6, 6.07) is 6.45. The highest BCUT2D eigenvalue weighted by atomic mass is 14.9. The number of benzene rings is 1. The molecule has 0 aliphatic heterocycles. The van der Waals surface area contributed by atoms with Gasteiger partial charge in [-0.3, -0.25) is 0 Å². The summed E-state index contributed by atoms with van der Waals surface area (Å²) in [5.41, 5.74) is 4.06. The van der Waals surface area contributed by atoms with Gasteiger partial charge in [0.15, 0.2) is 0 Å². The van der Waals surface area contributed by atoms with Crippen molar-refractivity contribution < 1.29 is 0 Å². The fourth-order valence-electron chi connectivity index (χ4n) is 1.87. The van der Waals surface area contributed by atoms with Gasteiger partial charge < -0.3 is 4.57 Å². The van der Waals surface area contributed by atoms with E-state index in [9.17, 15) is 0 Å². The molecule has 76 valence electrons. The summed E-state index contributed by atoms with van der Waals surface area (Å²) in [5, 5.41) is 1.37. The van der Waals surface area contributed by atoms with Crippen LogP contribution in [0.3, 0.4) is 0 Å². The van der Waals surface area contributed by atoms with E-state index >= 15 is 0 Å². The summed E-state index contributed by atoms with van der Waals surface area (Å²) in [6.45, 7) is 8.31. The molecule has 0 bridgehead atoms. The first-order valence-electron chi connectivity index (χ1n) is 5.21. The van der Waals surface area contributed by atoms with Gasteiger partial charge in [-0.05, 0) is 25.0 Å². The van der Waals surface area contributed by atoms with Gasteiger partial charge in [0, 0.05) is 18.6 Å². The van der Waals surface area contributed by atoms with E-state index in [2.05, 4.69) is 49.9 Å². The lowest BCUT2D eigenvalue weighted by molar-refractivity contribution is 0.959. The van der Waals surface area contributed by atoms with Crippen LogP contribution in [0.1, 0.15) is 25.0 Å². The molecule has 1 aromatic carbocycles. The molecule has 0 fully saturated rings. The maximum absolute atomic E-state index is 2.19. The molecular weight excluding hydrogens is 170 g/mol. The van der Waals surface area contributed by atoms with Gasteiger partial charge in [-0.2, -0.15) is 0 Å². The third-order valence-corrected chi connectivity index (χ3v) is 2.40. The average molecular weight is 189 g/mol. The molecule has 1 heterocycles. The molecule has 14 heavy (non-hydrogen) atoms. The van der Waals surface area contributed by atoms with E-state index in [1.54, 1.807) is 0 Å². The quantitative estimate of drug-likeness (QED) is 0.593. The van der Waals surface area contributed by atoms with Gasteiger partial charge in [-0.1, -0.05) is 32.0 Å². The Morgan fingerprint density at radius 2 is 1.64 bits per heavy atom. The molecule has 0 saturated carbocycles. The van der Waals surface area contributed by atoms with Crippen molar-refractivity contribution in [2.75, 3.05) is 0 Å². The van der Waals surface area contributed by atoms with Crippen molar-refractivity contribution >= 4 is 10.9 Å². The molecule has 0 unspecified atom stereocenters. The minimum absolute atomic E-state index is 1.35. The smallest absolute Gasteiger partial charge is 0.0510 e. The zero-order valence-corrected chi connectivity index (χ0v) is 9.76. The summed E-state index contributed by atoms with van der Waals surface area (Å²) in [4.78, 5) is 0. The first-order chi connectivity index (χ1) is 6.70. The Hall–Kier alpha value is -1.24. The molecular formula is C13H19N. The maximum atomic E-state index is 2.19. The van der Waals surface area contributed by atoms with Crippen molar-refractivity contribution in [3.8, 4) is 0 Å². The molecule has 2 aromatic rings. The summed E-state index contributed by atoms with van der Waals surface area (Å²) in [7, 11) is 2.10. The fourth-order valence-corrected chi connectivity index (χ4v) is 1.87. The Kier molecular flexibility index (Phi) is 3.34. The van der Waals surface area contributed by atoms with Crippen LogP contribution in [0.2, 0.25) is 0 Å². The first-order valence-corrected chi connectivity index (χ1v) is 5.21. The van der Waals surface area contributed by atoms with Crippen molar-refractivity contribution in [3.63, 3.8) is 0 Å². The largest absolute Gasteiger partial charge is 0.350 e. The van der Waals surface area contributed by atoms with Crippen LogP contribution in [0, 0.1) is 13.8 Å². The summed E-state index contributed by atoms with van der Waals surface area (Å²) in [5.74, 6) is 0. The first kappa shape index (κ1) is 10.8. The van der Waals surface area contributed by atoms with Gasteiger partial charge in [0.2, 0.25) is 0 Å². The van der Waals surface area contributed by atoms with E-state index in [4.69, 9.17) is 0 Å². The molecule has 0 N–H and O–H groups in total. The van der Waals surface area contributed by atoms with Gasteiger partial charge >= 0.3 is 0 Å². The second-order valence-corrected chi connectivity index (χ2v) is 3.39. The zero-order valence-electron chi connectivity index (χ0n) is 9.76. The maximum Gasteiger partial charge on any atom is 0.0510 e. The lowest BCUT2D eigenvalue weighted by Gasteiger charge is -1.99. The van der Waals surface area contributed by atoms with Crippen LogP contribution < -0.4 is 0 Å². The average Bonchev–Trinajstić information content (AvgIpc) is 2.47. The van der Waals surface area contributed by atoms with Crippen molar-refractivity contribution in [1.82, 2.24) is 4.57 Å². The highest BCUT2D eigenvalue weighted by Crippen LogP contribution is 2.22. The number of hydrogen-bond acceptors (Lipinski definition) is 0. The van der Waals surface area contributed by atoms with Crippen LogP contribution in [-0.2, 0) is 7.05 Å². The molecule has 0 saturated heterocycles. The summed E-state index contributed by atoms with van der Waals surface area (Å²) in [6.07, 6.45) is 2.18. The van der Waals surface area contributed by atoms with E-state index in [0.29, 0.717) is 0 Å². The zero-order chi connectivity index (χ0) is 10.7. The lowest BCUT2D eigenvalue weighted by Crippen LogP contribution is -1.86. The Morgan fingerprint density at radius 1 is 1.00 bits per heavy atom. The molecule has 0 aliphatic rings. The summed E-state index contributed by atoms with van der Waals surface area (Å²) >= 11 is 0. The van der Waals surface area contributed by atoms with E-state index < -0.39 is 0 Å². The standard InChI is InChI=1S/C11H13N.C2H6/c1-8-5-4-6-10-9(2)7-12(3)11(8)10;1-2/h4-7H,1-3H3;1-2H3.